The lowest BCUT2D eigenvalue weighted by Crippen LogP contribution is -2.28. The van der Waals surface area contributed by atoms with E-state index in [0.29, 0.717) is 5.71 Å². The number of hydrogen-bond acceptors (Lipinski definition) is 3. The number of carboxylic acid groups (broad SMARTS) is 1. The van der Waals surface area contributed by atoms with E-state index in [2.05, 4.69) is 5.10 Å². The van der Waals surface area contributed by atoms with Gasteiger partial charge in [-0.25, -0.2) is 4.79 Å². The molecule has 0 spiro atoms. The van der Waals surface area contributed by atoms with Gasteiger partial charge >= 0.3 is 5.97 Å². The number of hydrazone groups is 1. The Hall–Kier alpha value is -1.06. The second-order valence-corrected chi connectivity index (χ2v) is 3.97. The van der Waals surface area contributed by atoms with Crippen molar-refractivity contribution >= 4 is 11.7 Å². The van der Waals surface area contributed by atoms with Crippen molar-refractivity contribution in [2.45, 2.75) is 32.1 Å². The van der Waals surface area contributed by atoms with Gasteiger partial charge in [-0.3, -0.25) is 0 Å². The highest BCUT2D eigenvalue weighted by atomic mass is 16.4. The molecule has 0 bridgehead atoms. The number of nitrogens with zero attached hydrogens (tertiary/aromatic N) is 2. The van der Waals surface area contributed by atoms with Crippen molar-refractivity contribution in [1.29, 1.82) is 0 Å². The van der Waals surface area contributed by atoms with Crippen LogP contribution in [0.15, 0.2) is 5.10 Å². The topological polar surface area (TPSA) is 52.9 Å². The average molecular weight is 198 g/mol. The second kappa shape index (κ2) is 4.98. The highest BCUT2D eigenvalue weighted by Crippen LogP contribution is 2.25. The van der Waals surface area contributed by atoms with E-state index in [0.717, 1.165) is 25.7 Å². The molecule has 0 aromatic heterocycles. The smallest absolute Gasteiger partial charge is 0.352 e. The van der Waals surface area contributed by atoms with Gasteiger partial charge in [0.05, 0.1) is 0 Å². The van der Waals surface area contributed by atoms with E-state index < -0.39 is 5.97 Å². The van der Waals surface area contributed by atoms with Gasteiger partial charge in [0.25, 0.3) is 0 Å². The van der Waals surface area contributed by atoms with Crippen LogP contribution < -0.4 is 0 Å². The van der Waals surface area contributed by atoms with E-state index in [1.165, 1.54) is 6.42 Å². The molecular formula is C10H18N2O2. The average Bonchev–Trinajstić information content (AvgIpc) is 2.15. The molecule has 1 fully saturated rings. The summed E-state index contributed by atoms with van der Waals surface area (Å²) in [5.41, 5.74) is 0.328. The fourth-order valence-corrected chi connectivity index (χ4v) is 1.89. The van der Waals surface area contributed by atoms with E-state index in [4.69, 9.17) is 5.11 Å². The van der Waals surface area contributed by atoms with Crippen LogP contribution in [0.3, 0.4) is 0 Å². The molecule has 1 N–H and O–H groups in total. The first kappa shape index (κ1) is 11.0. The third-order valence-corrected chi connectivity index (χ3v) is 2.52. The normalized spacial score (nSPS) is 19.4. The molecule has 1 saturated carbocycles. The van der Waals surface area contributed by atoms with Gasteiger partial charge in [-0.15, -0.1) is 0 Å². The van der Waals surface area contributed by atoms with Gasteiger partial charge in [0, 0.05) is 20.0 Å². The van der Waals surface area contributed by atoms with Crippen LogP contribution in [0.4, 0.5) is 0 Å². The van der Waals surface area contributed by atoms with E-state index in [-0.39, 0.29) is 5.92 Å². The SMILES string of the molecule is CN(C)/N=C(\C(=O)O)C1CCCCC1. The zero-order valence-electron chi connectivity index (χ0n) is 8.86. The Labute approximate surface area is 84.6 Å². The molecule has 0 aliphatic heterocycles. The molecule has 14 heavy (non-hydrogen) atoms. The van der Waals surface area contributed by atoms with Crippen molar-refractivity contribution in [3.63, 3.8) is 0 Å². The van der Waals surface area contributed by atoms with Crippen LogP contribution in [0, 0.1) is 5.92 Å². The predicted molar refractivity (Wildman–Crippen MR) is 55.3 cm³/mol. The molecule has 0 heterocycles. The highest BCUT2D eigenvalue weighted by molar-refractivity contribution is 6.36. The lowest BCUT2D eigenvalue weighted by molar-refractivity contribution is -0.129. The zero-order valence-corrected chi connectivity index (χ0v) is 8.86. The lowest BCUT2D eigenvalue weighted by Gasteiger charge is -2.21. The Balaban J connectivity index is 2.71. The summed E-state index contributed by atoms with van der Waals surface area (Å²) in [6.45, 7) is 0. The summed E-state index contributed by atoms with van der Waals surface area (Å²) in [7, 11) is 3.51. The van der Waals surface area contributed by atoms with Crippen LogP contribution in [-0.2, 0) is 4.79 Å². The number of rotatable bonds is 3. The number of hydrogen-bond donors (Lipinski definition) is 1. The van der Waals surface area contributed by atoms with Crippen LogP contribution >= 0.6 is 0 Å². The van der Waals surface area contributed by atoms with Crippen LogP contribution in [0.5, 0.6) is 0 Å². The van der Waals surface area contributed by atoms with E-state index in [1.807, 2.05) is 0 Å². The van der Waals surface area contributed by atoms with Crippen LogP contribution in [0.1, 0.15) is 32.1 Å². The lowest BCUT2D eigenvalue weighted by atomic mass is 9.86. The molecule has 0 saturated heterocycles. The largest absolute Gasteiger partial charge is 0.477 e. The van der Waals surface area contributed by atoms with Gasteiger partial charge in [0.15, 0.2) is 0 Å². The molecule has 1 aliphatic rings. The number of carboxylic acids is 1. The molecule has 1 rings (SSSR count). The van der Waals surface area contributed by atoms with Crippen LogP contribution in [0.2, 0.25) is 0 Å². The first-order valence-electron chi connectivity index (χ1n) is 5.10. The quantitative estimate of drug-likeness (QED) is 0.553. The summed E-state index contributed by atoms with van der Waals surface area (Å²) in [5, 5.41) is 14.6. The monoisotopic (exact) mass is 198 g/mol. The Morgan fingerprint density at radius 1 is 1.29 bits per heavy atom. The standard InChI is InChI=1S/C10H18N2O2/c1-12(2)11-9(10(13)14)8-6-4-3-5-7-8/h8H,3-7H2,1-2H3,(H,13,14)/b11-9-. The Morgan fingerprint density at radius 3 is 2.29 bits per heavy atom. The van der Waals surface area contributed by atoms with Crippen molar-refractivity contribution in [3.05, 3.63) is 0 Å². The summed E-state index contributed by atoms with van der Waals surface area (Å²) < 4.78 is 0. The summed E-state index contributed by atoms with van der Waals surface area (Å²) in [4.78, 5) is 11.0. The van der Waals surface area contributed by atoms with E-state index >= 15 is 0 Å². The number of carbonyl (C=O) groups is 1. The van der Waals surface area contributed by atoms with Crippen molar-refractivity contribution in [1.82, 2.24) is 5.01 Å². The van der Waals surface area contributed by atoms with Crippen molar-refractivity contribution in [2.24, 2.45) is 11.0 Å². The third kappa shape index (κ3) is 3.01. The minimum absolute atomic E-state index is 0.156. The van der Waals surface area contributed by atoms with Gasteiger partial charge in [-0.1, -0.05) is 19.3 Å². The van der Waals surface area contributed by atoms with E-state index in [1.54, 1.807) is 19.1 Å². The van der Waals surface area contributed by atoms with Crippen LogP contribution in [0.25, 0.3) is 0 Å². The maximum absolute atomic E-state index is 11.0. The molecular weight excluding hydrogens is 180 g/mol. The maximum Gasteiger partial charge on any atom is 0.352 e. The summed E-state index contributed by atoms with van der Waals surface area (Å²) in [6, 6.07) is 0. The van der Waals surface area contributed by atoms with Gasteiger partial charge < -0.3 is 10.1 Å². The summed E-state index contributed by atoms with van der Waals surface area (Å²) >= 11 is 0. The molecule has 0 aromatic rings. The van der Waals surface area contributed by atoms with Crippen molar-refractivity contribution < 1.29 is 9.90 Å². The van der Waals surface area contributed by atoms with Gasteiger partial charge in [-0.2, -0.15) is 5.10 Å². The molecule has 4 heteroatoms. The molecule has 0 atom stereocenters. The van der Waals surface area contributed by atoms with Gasteiger partial charge in [-0.05, 0) is 12.8 Å². The second-order valence-electron chi connectivity index (χ2n) is 3.97. The molecule has 0 radical (unpaired) electrons. The minimum atomic E-state index is -0.870. The Morgan fingerprint density at radius 2 is 1.86 bits per heavy atom. The van der Waals surface area contributed by atoms with Gasteiger partial charge in [0.2, 0.25) is 0 Å². The van der Waals surface area contributed by atoms with Crippen molar-refractivity contribution in [2.75, 3.05) is 14.1 Å². The first-order chi connectivity index (χ1) is 6.61. The first-order valence-corrected chi connectivity index (χ1v) is 5.10. The van der Waals surface area contributed by atoms with Crippen molar-refractivity contribution in [3.8, 4) is 0 Å². The van der Waals surface area contributed by atoms with E-state index in [9.17, 15) is 4.79 Å². The Bertz CT molecular complexity index is 230. The highest BCUT2D eigenvalue weighted by Gasteiger charge is 2.24. The van der Waals surface area contributed by atoms with Gasteiger partial charge in [0.1, 0.15) is 5.71 Å². The molecule has 1 aliphatic carbocycles. The summed E-state index contributed by atoms with van der Waals surface area (Å²) in [6.07, 6.45) is 5.43. The fourth-order valence-electron chi connectivity index (χ4n) is 1.89. The Kier molecular flexibility index (Phi) is 3.92. The fraction of sp³-hybridized carbons (Fsp3) is 0.800. The molecule has 0 aromatic carbocycles. The summed E-state index contributed by atoms with van der Waals surface area (Å²) in [5.74, 6) is -0.714. The molecule has 0 amide bonds. The third-order valence-electron chi connectivity index (χ3n) is 2.52. The number of aliphatic carboxylic acids is 1. The van der Waals surface area contributed by atoms with Crippen LogP contribution in [-0.4, -0.2) is 35.9 Å². The predicted octanol–water partition coefficient (Wildman–Crippen LogP) is 1.57. The zero-order chi connectivity index (χ0) is 10.6. The molecule has 0 unspecified atom stereocenters. The maximum atomic E-state index is 11.0. The minimum Gasteiger partial charge on any atom is -0.477 e. The molecule has 80 valence electrons. The molecule has 4 nitrogen and oxygen atoms in total.